The first-order valence-corrected chi connectivity index (χ1v) is 12.8. The van der Waals surface area contributed by atoms with Gasteiger partial charge < -0.3 is 10.6 Å². The first-order chi connectivity index (χ1) is 15.6. The minimum Gasteiger partial charge on any atom is -0.370 e. The Morgan fingerprint density at radius 3 is 2.62 bits per heavy atom. The molecule has 2 heterocycles. The lowest BCUT2D eigenvalue weighted by Gasteiger charge is -2.44. The normalized spacial score (nSPS) is 34.3. The van der Waals surface area contributed by atoms with E-state index in [9.17, 15) is 8.78 Å². The predicted octanol–water partition coefficient (Wildman–Crippen LogP) is 5.16. The Balaban J connectivity index is 1.38. The van der Waals surface area contributed by atoms with E-state index in [0.717, 1.165) is 70.0 Å². The Morgan fingerprint density at radius 1 is 0.969 bits per heavy atom. The van der Waals surface area contributed by atoms with Gasteiger partial charge in [0, 0.05) is 31.1 Å². The quantitative estimate of drug-likeness (QED) is 0.434. The maximum absolute atomic E-state index is 14.7. The molecule has 176 valence electrons. The Kier molecular flexibility index (Phi) is 7.03. The number of nitrogens with one attached hydrogen (secondary N) is 4. The van der Waals surface area contributed by atoms with Gasteiger partial charge in [-0.05, 0) is 87.0 Å². The van der Waals surface area contributed by atoms with E-state index in [0.29, 0.717) is 30.2 Å². The van der Waals surface area contributed by atoms with Crippen molar-refractivity contribution in [1.82, 2.24) is 21.3 Å². The van der Waals surface area contributed by atoms with E-state index in [1.54, 1.807) is 0 Å². The highest BCUT2D eigenvalue weighted by atomic mass is 35.5. The monoisotopic (exact) mass is 464 g/mol. The first-order valence-electron chi connectivity index (χ1n) is 12.4. The molecule has 0 aromatic heterocycles. The summed E-state index contributed by atoms with van der Waals surface area (Å²) < 4.78 is 28.5. The molecule has 0 aromatic carbocycles. The summed E-state index contributed by atoms with van der Waals surface area (Å²) in [7, 11) is 0. The fourth-order valence-electron chi connectivity index (χ4n) is 6.00. The molecule has 4 nitrogen and oxygen atoms in total. The number of allylic oxidation sites excluding steroid dienone is 4. The van der Waals surface area contributed by atoms with E-state index < -0.39 is 0 Å². The smallest absolute Gasteiger partial charge is 0.114 e. The van der Waals surface area contributed by atoms with E-state index in [1.807, 2.05) is 0 Å². The SMILES string of the molecule is FC1=C(Cl)C[C@@H](NC2NC(C3=CCCNC3)NC3=C2CC(C2=C(F)CCCC2)CC3)CC1. The lowest BCUT2D eigenvalue weighted by Crippen LogP contribution is -2.62. The van der Waals surface area contributed by atoms with Crippen LogP contribution < -0.4 is 21.3 Å². The Labute approximate surface area is 195 Å². The van der Waals surface area contributed by atoms with Gasteiger partial charge in [0.1, 0.15) is 12.0 Å². The Hall–Kier alpha value is -1.21. The van der Waals surface area contributed by atoms with Crippen molar-refractivity contribution in [3.63, 3.8) is 0 Å². The van der Waals surface area contributed by atoms with Crippen molar-refractivity contribution < 1.29 is 8.78 Å². The van der Waals surface area contributed by atoms with Gasteiger partial charge in [-0.1, -0.05) is 17.7 Å². The van der Waals surface area contributed by atoms with Crippen molar-refractivity contribution in [2.75, 3.05) is 13.1 Å². The molecule has 5 rings (SSSR count). The molecule has 0 fully saturated rings. The van der Waals surface area contributed by atoms with Crippen LogP contribution in [-0.2, 0) is 0 Å². The zero-order valence-electron chi connectivity index (χ0n) is 18.7. The fourth-order valence-corrected chi connectivity index (χ4v) is 6.28. The maximum Gasteiger partial charge on any atom is 0.114 e. The van der Waals surface area contributed by atoms with E-state index >= 15 is 0 Å². The standard InChI is InChI=1S/C25H35ClF2N4/c26-20-13-17(8-9-22(20)28)30-25-19-12-15(18-5-1-2-6-21(18)27)7-10-23(19)31-24(32-25)16-4-3-11-29-14-16/h4,15,17,24-25,29-32H,1-3,5-14H2/t15?,17-,24?,25?/m0/s1. The zero-order valence-corrected chi connectivity index (χ0v) is 19.5. The maximum atomic E-state index is 14.7. The van der Waals surface area contributed by atoms with E-state index in [-0.39, 0.29) is 30.0 Å². The molecule has 0 radical (unpaired) electrons. The summed E-state index contributed by atoms with van der Waals surface area (Å²) in [4.78, 5) is 0. The molecule has 0 saturated carbocycles. The van der Waals surface area contributed by atoms with Crippen LogP contribution in [0.15, 0.2) is 45.2 Å². The van der Waals surface area contributed by atoms with Gasteiger partial charge in [0.15, 0.2) is 0 Å². The molecular weight excluding hydrogens is 430 g/mol. The third-order valence-electron chi connectivity index (χ3n) is 7.79. The van der Waals surface area contributed by atoms with Crippen LogP contribution in [0, 0.1) is 5.92 Å². The van der Waals surface area contributed by atoms with Crippen LogP contribution in [0.3, 0.4) is 0 Å². The molecular formula is C25H35ClF2N4. The lowest BCUT2D eigenvalue weighted by atomic mass is 9.76. The molecule has 0 saturated heterocycles. The van der Waals surface area contributed by atoms with Crippen LogP contribution >= 0.6 is 11.6 Å². The molecule has 4 atom stereocenters. The van der Waals surface area contributed by atoms with Crippen LogP contribution in [0.1, 0.15) is 70.6 Å². The fraction of sp³-hybridized carbons (Fsp3) is 0.680. The van der Waals surface area contributed by atoms with Gasteiger partial charge in [-0.2, -0.15) is 0 Å². The summed E-state index contributed by atoms with van der Waals surface area (Å²) in [5.74, 6) is 0.264. The Morgan fingerprint density at radius 2 is 1.84 bits per heavy atom. The van der Waals surface area contributed by atoms with Gasteiger partial charge in [-0.25, -0.2) is 8.78 Å². The van der Waals surface area contributed by atoms with Gasteiger partial charge in [0.25, 0.3) is 0 Å². The number of halogens is 3. The van der Waals surface area contributed by atoms with Crippen molar-refractivity contribution in [2.45, 2.75) is 89.0 Å². The topological polar surface area (TPSA) is 48.1 Å². The summed E-state index contributed by atoms with van der Waals surface area (Å²) in [6.07, 6.45) is 11.5. The van der Waals surface area contributed by atoms with Crippen LogP contribution in [-0.4, -0.2) is 31.5 Å². The molecule has 5 aliphatic rings. The minimum atomic E-state index is -0.170. The first kappa shape index (κ1) is 22.6. The van der Waals surface area contributed by atoms with Gasteiger partial charge in [0.05, 0.1) is 17.0 Å². The largest absolute Gasteiger partial charge is 0.370 e. The summed E-state index contributed by atoms with van der Waals surface area (Å²) in [5, 5.41) is 15.1. The molecule has 0 bridgehead atoms. The van der Waals surface area contributed by atoms with Crippen molar-refractivity contribution in [3.8, 4) is 0 Å². The van der Waals surface area contributed by atoms with Gasteiger partial charge >= 0.3 is 0 Å². The lowest BCUT2D eigenvalue weighted by molar-refractivity contribution is 0.287. The zero-order chi connectivity index (χ0) is 22.1. The second kappa shape index (κ2) is 9.96. The summed E-state index contributed by atoms with van der Waals surface area (Å²) in [5.41, 5.74) is 5.02. The van der Waals surface area contributed by atoms with Crippen LogP contribution in [0.2, 0.25) is 0 Å². The molecule has 3 aliphatic carbocycles. The highest BCUT2D eigenvalue weighted by molar-refractivity contribution is 6.29. The van der Waals surface area contributed by atoms with Crippen molar-refractivity contribution in [3.05, 3.63) is 45.2 Å². The van der Waals surface area contributed by atoms with E-state index in [2.05, 4.69) is 27.3 Å². The average molecular weight is 465 g/mol. The number of rotatable bonds is 4. The second-order valence-corrected chi connectivity index (χ2v) is 10.4. The molecule has 0 amide bonds. The van der Waals surface area contributed by atoms with E-state index in [1.165, 1.54) is 16.8 Å². The van der Waals surface area contributed by atoms with Crippen LogP contribution in [0.25, 0.3) is 0 Å². The highest BCUT2D eigenvalue weighted by Gasteiger charge is 2.37. The van der Waals surface area contributed by atoms with Gasteiger partial charge in [0.2, 0.25) is 0 Å². The molecule has 7 heteroatoms. The molecule has 3 unspecified atom stereocenters. The van der Waals surface area contributed by atoms with Crippen LogP contribution in [0.5, 0.6) is 0 Å². The van der Waals surface area contributed by atoms with Gasteiger partial charge in [-0.3, -0.25) is 10.6 Å². The van der Waals surface area contributed by atoms with Gasteiger partial charge in [-0.15, -0.1) is 0 Å². The predicted molar refractivity (Wildman–Crippen MR) is 125 cm³/mol. The summed E-state index contributed by atoms with van der Waals surface area (Å²) >= 11 is 6.16. The van der Waals surface area contributed by atoms with E-state index in [4.69, 9.17) is 11.6 Å². The average Bonchev–Trinajstić information content (AvgIpc) is 2.82. The van der Waals surface area contributed by atoms with Crippen molar-refractivity contribution in [2.24, 2.45) is 5.92 Å². The van der Waals surface area contributed by atoms with Crippen molar-refractivity contribution in [1.29, 1.82) is 0 Å². The third-order valence-corrected chi connectivity index (χ3v) is 8.15. The number of hydrogen-bond acceptors (Lipinski definition) is 4. The molecule has 2 aliphatic heterocycles. The third kappa shape index (κ3) is 4.84. The molecule has 4 N–H and O–H groups in total. The number of hydrogen-bond donors (Lipinski definition) is 4. The van der Waals surface area contributed by atoms with Crippen LogP contribution in [0.4, 0.5) is 8.78 Å². The Bertz CT molecular complexity index is 862. The second-order valence-electron chi connectivity index (χ2n) is 9.92. The minimum absolute atomic E-state index is 0.00948. The summed E-state index contributed by atoms with van der Waals surface area (Å²) in [6, 6.07) is 0.136. The molecule has 32 heavy (non-hydrogen) atoms. The molecule has 0 spiro atoms. The van der Waals surface area contributed by atoms with Crippen molar-refractivity contribution >= 4 is 11.6 Å². The highest BCUT2D eigenvalue weighted by Crippen LogP contribution is 2.42. The summed E-state index contributed by atoms with van der Waals surface area (Å²) in [6.45, 7) is 1.90. The molecule has 0 aromatic rings.